The van der Waals surface area contributed by atoms with E-state index >= 15 is 0 Å². The molecule has 4 rings (SSSR count). The molecule has 0 aliphatic carbocycles. The predicted molar refractivity (Wildman–Crippen MR) is 129 cm³/mol. The van der Waals surface area contributed by atoms with Gasteiger partial charge in [0.05, 0.1) is 13.2 Å². The number of nitrogens with zero attached hydrogens (tertiary/aromatic N) is 4. The second kappa shape index (κ2) is 10.5. The van der Waals surface area contributed by atoms with Crippen molar-refractivity contribution in [2.75, 3.05) is 54.5 Å². The van der Waals surface area contributed by atoms with Crippen molar-refractivity contribution in [3.8, 4) is 0 Å². The number of rotatable bonds is 8. The van der Waals surface area contributed by atoms with Gasteiger partial charge in [-0.3, -0.25) is 0 Å². The van der Waals surface area contributed by atoms with Crippen LogP contribution in [0, 0.1) is 0 Å². The van der Waals surface area contributed by atoms with Gasteiger partial charge < -0.3 is 19.9 Å². The zero-order valence-electron chi connectivity index (χ0n) is 18.1. The lowest BCUT2D eigenvalue weighted by molar-refractivity contribution is 0.122. The van der Waals surface area contributed by atoms with E-state index in [4.69, 9.17) is 9.72 Å². The largest absolute Gasteiger partial charge is 0.378 e. The molecule has 0 radical (unpaired) electrons. The molecule has 1 N–H and O–H groups in total. The minimum absolute atomic E-state index is 0.601. The van der Waals surface area contributed by atoms with Crippen LogP contribution < -0.4 is 15.1 Å². The first-order chi connectivity index (χ1) is 15.2. The molecule has 0 unspecified atom stereocenters. The Bertz CT molecular complexity index is 972. The summed E-state index contributed by atoms with van der Waals surface area (Å²) in [7, 11) is 0. The summed E-state index contributed by atoms with van der Waals surface area (Å²) in [6.45, 7) is 9.80. The smallest absolute Gasteiger partial charge is 0.228 e. The van der Waals surface area contributed by atoms with Crippen LogP contribution in [0.4, 0.5) is 23.0 Å². The molecular formula is C24H29N5OS. The van der Waals surface area contributed by atoms with Crippen LogP contribution in [0.15, 0.2) is 70.7 Å². The molecular weight excluding hydrogens is 406 g/mol. The van der Waals surface area contributed by atoms with Crippen molar-refractivity contribution < 1.29 is 4.74 Å². The molecule has 31 heavy (non-hydrogen) atoms. The maximum absolute atomic E-state index is 5.43. The SMILES string of the molecule is CCN(CC)c1cccc(Sc2ccnc(Nc3ccc(N4CCOCC4)cc3)n2)c1. The second-order valence-corrected chi connectivity index (χ2v) is 8.36. The van der Waals surface area contributed by atoms with Crippen LogP contribution in [0.3, 0.4) is 0 Å². The van der Waals surface area contributed by atoms with E-state index in [2.05, 4.69) is 82.5 Å². The van der Waals surface area contributed by atoms with Crippen LogP contribution >= 0.6 is 11.8 Å². The summed E-state index contributed by atoms with van der Waals surface area (Å²) in [5.74, 6) is 0.601. The maximum Gasteiger partial charge on any atom is 0.228 e. The lowest BCUT2D eigenvalue weighted by atomic mass is 10.2. The Morgan fingerprint density at radius 3 is 2.55 bits per heavy atom. The molecule has 1 aliphatic heterocycles. The number of morpholine rings is 1. The Kier molecular flexibility index (Phi) is 7.27. The zero-order chi connectivity index (χ0) is 21.5. The van der Waals surface area contributed by atoms with Gasteiger partial charge in [0.1, 0.15) is 5.03 Å². The van der Waals surface area contributed by atoms with E-state index in [1.54, 1.807) is 18.0 Å². The van der Waals surface area contributed by atoms with E-state index in [0.717, 1.165) is 50.1 Å². The molecule has 2 aromatic carbocycles. The van der Waals surface area contributed by atoms with E-state index in [0.29, 0.717) is 5.95 Å². The van der Waals surface area contributed by atoms with E-state index in [-0.39, 0.29) is 0 Å². The van der Waals surface area contributed by atoms with Gasteiger partial charge in [-0.2, -0.15) is 0 Å². The summed E-state index contributed by atoms with van der Waals surface area (Å²) in [4.78, 5) is 14.9. The van der Waals surface area contributed by atoms with Gasteiger partial charge in [-0.25, -0.2) is 9.97 Å². The fourth-order valence-corrected chi connectivity index (χ4v) is 4.45. The molecule has 162 valence electrons. The first-order valence-electron chi connectivity index (χ1n) is 10.8. The van der Waals surface area contributed by atoms with Gasteiger partial charge in [0.25, 0.3) is 0 Å². The summed E-state index contributed by atoms with van der Waals surface area (Å²) < 4.78 is 5.43. The third-order valence-electron chi connectivity index (χ3n) is 5.30. The first kappa shape index (κ1) is 21.5. The van der Waals surface area contributed by atoms with Crippen molar-refractivity contribution in [3.05, 3.63) is 60.8 Å². The molecule has 0 atom stereocenters. The molecule has 2 heterocycles. The monoisotopic (exact) mass is 435 g/mol. The van der Waals surface area contributed by atoms with Gasteiger partial charge in [-0.1, -0.05) is 17.8 Å². The van der Waals surface area contributed by atoms with Gasteiger partial charge in [-0.05, 0) is 62.4 Å². The average Bonchev–Trinajstić information content (AvgIpc) is 2.82. The number of anilines is 4. The van der Waals surface area contributed by atoms with E-state index in [1.807, 2.05) is 6.07 Å². The number of hydrogen-bond donors (Lipinski definition) is 1. The molecule has 1 aliphatic rings. The summed E-state index contributed by atoms with van der Waals surface area (Å²) in [5, 5.41) is 4.24. The van der Waals surface area contributed by atoms with Crippen LogP contribution in [-0.2, 0) is 4.74 Å². The van der Waals surface area contributed by atoms with Crippen molar-refractivity contribution >= 4 is 34.8 Å². The first-order valence-corrected chi connectivity index (χ1v) is 11.6. The molecule has 0 spiro atoms. The average molecular weight is 436 g/mol. The fourth-order valence-electron chi connectivity index (χ4n) is 3.62. The summed E-state index contributed by atoms with van der Waals surface area (Å²) in [6.07, 6.45) is 1.80. The predicted octanol–water partition coefficient (Wildman–Crippen LogP) is 5.05. The molecule has 0 bridgehead atoms. The highest BCUT2D eigenvalue weighted by Gasteiger charge is 2.11. The van der Waals surface area contributed by atoms with Crippen molar-refractivity contribution in [2.24, 2.45) is 0 Å². The fraction of sp³-hybridized carbons (Fsp3) is 0.333. The Labute approximate surface area is 188 Å². The van der Waals surface area contributed by atoms with Crippen LogP contribution in [0.5, 0.6) is 0 Å². The van der Waals surface area contributed by atoms with Gasteiger partial charge in [0.2, 0.25) is 5.95 Å². The molecule has 1 aromatic heterocycles. The summed E-state index contributed by atoms with van der Waals surface area (Å²) in [5.41, 5.74) is 3.43. The van der Waals surface area contributed by atoms with Gasteiger partial charge in [0.15, 0.2) is 0 Å². The Hall–Kier alpha value is -2.77. The number of ether oxygens (including phenoxy) is 1. The maximum atomic E-state index is 5.43. The highest BCUT2D eigenvalue weighted by Crippen LogP contribution is 2.30. The summed E-state index contributed by atoms with van der Waals surface area (Å²) >= 11 is 1.65. The molecule has 0 saturated carbocycles. The van der Waals surface area contributed by atoms with Gasteiger partial charge >= 0.3 is 0 Å². The topological polar surface area (TPSA) is 53.5 Å². The Morgan fingerprint density at radius 2 is 1.81 bits per heavy atom. The summed E-state index contributed by atoms with van der Waals surface area (Å²) in [6, 6.07) is 19.0. The minimum Gasteiger partial charge on any atom is -0.378 e. The second-order valence-electron chi connectivity index (χ2n) is 7.26. The molecule has 1 fully saturated rings. The molecule has 1 saturated heterocycles. The van der Waals surface area contributed by atoms with E-state index in [9.17, 15) is 0 Å². The van der Waals surface area contributed by atoms with Crippen LogP contribution in [0.25, 0.3) is 0 Å². The zero-order valence-corrected chi connectivity index (χ0v) is 18.9. The lowest BCUT2D eigenvalue weighted by Gasteiger charge is -2.28. The van der Waals surface area contributed by atoms with Crippen LogP contribution in [-0.4, -0.2) is 49.4 Å². The molecule has 3 aromatic rings. The number of aromatic nitrogens is 2. The normalized spacial score (nSPS) is 13.8. The lowest BCUT2D eigenvalue weighted by Crippen LogP contribution is -2.36. The van der Waals surface area contributed by atoms with Crippen LogP contribution in [0.1, 0.15) is 13.8 Å². The number of nitrogens with one attached hydrogen (secondary N) is 1. The van der Waals surface area contributed by atoms with Crippen molar-refractivity contribution in [1.82, 2.24) is 9.97 Å². The number of hydrogen-bond acceptors (Lipinski definition) is 7. The third-order valence-corrected chi connectivity index (χ3v) is 6.22. The van der Waals surface area contributed by atoms with Crippen LogP contribution in [0.2, 0.25) is 0 Å². The standard InChI is InChI=1S/C24H29N5OS/c1-3-28(4-2)21-6-5-7-22(18-21)31-23-12-13-25-24(27-23)26-19-8-10-20(11-9-19)29-14-16-30-17-15-29/h5-13,18H,3-4,14-17H2,1-2H3,(H,25,26,27). The Morgan fingerprint density at radius 1 is 1.03 bits per heavy atom. The molecule has 6 nitrogen and oxygen atoms in total. The van der Waals surface area contributed by atoms with Crippen molar-refractivity contribution in [1.29, 1.82) is 0 Å². The van der Waals surface area contributed by atoms with E-state index in [1.165, 1.54) is 16.3 Å². The van der Waals surface area contributed by atoms with Gasteiger partial charge in [0, 0.05) is 54.3 Å². The quantitative estimate of drug-likeness (QED) is 0.497. The van der Waals surface area contributed by atoms with Gasteiger partial charge in [-0.15, -0.1) is 0 Å². The molecule has 7 heteroatoms. The molecule has 0 amide bonds. The van der Waals surface area contributed by atoms with Crippen molar-refractivity contribution in [3.63, 3.8) is 0 Å². The Balaban J connectivity index is 1.42. The highest BCUT2D eigenvalue weighted by molar-refractivity contribution is 7.99. The van der Waals surface area contributed by atoms with Crippen molar-refractivity contribution in [2.45, 2.75) is 23.8 Å². The minimum atomic E-state index is 0.601. The third kappa shape index (κ3) is 5.68. The number of benzene rings is 2. The highest BCUT2D eigenvalue weighted by atomic mass is 32.2. The van der Waals surface area contributed by atoms with E-state index < -0.39 is 0 Å².